The molecular formula is C11H14BrFO2. The fraction of sp³-hybridized carbons (Fsp3) is 0.455. The fourth-order valence-corrected chi connectivity index (χ4v) is 1.47. The van der Waals surface area contributed by atoms with Crippen LogP contribution in [0, 0.1) is 5.82 Å². The predicted octanol–water partition coefficient (Wildman–Crippen LogP) is 3.13. The molecule has 0 saturated carbocycles. The molecule has 2 nitrogen and oxygen atoms in total. The van der Waals surface area contributed by atoms with Crippen molar-refractivity contribution < 1.29 is 14.2 Å². The Balaban J connectivity index is 2.51. The molecule has 0 aliphatic heterocycles. The van der Waals surface area contributed by atoms with E-state index in [1.54, 1.807) is 19.9 Å². The van der Waals surface area contributed by atoms with Gasteiger partial charge in [-0.25, -0.2) is 4.39 Å². The summed E-state index contributed by atoms with van der Waals surface area (Å²) in [7, 11) is 0. The van der Waals surface area contributed by atoms with Crippen LogP contribution in [-0.2, 0) is 0 Å². The zero-order chi connectivity index (χ0) is 11.5. The van der Waals surface area contributed by atoms with Crippen LogP contribution in [0.2, 0.25) is 0 Å². The Morgan fingerprint density at radius 1 is 1.47 bits per heavy atom. The van der Waals surface area contributed by atoms with Crippen LogP contribution in [0.25, 0.3) is 0 Å². The summed E-state index contributed by atoms with van der Waals surface area (Å²) in [5, 5.41) is 9.46. The highest BCUT2D eigenvalue weighted by Gasteiger charge is 2.12. The third kappa shape index (κ3) is 4.62. The molecule has 0 amide bonds. The number of ether oxygens (including phenoxy) is 1. The molecule has 1 aromatic rings. The predicted molar refractivity (Wildman–Crippen MR) is 60.5 cm³/mol. The van der Waals surface area contributed by atoms with Gasteiger partial charge in [-0.2, -0.15) is 0 Å². The van der Waals surface area contributed by atoms with Crippen molar-refractivity contribution in [1.82, 2.24) is 0 Å². The summed E-state index contributed by atoms with van der Waals surface area (Å²) in [6.45, 7) is 3.83. The maximum absolute atomic E-state index is 12.7. The summed E-state index contributed by atoms with van der Waals surface area (Å²) in [4.78, 5) is 0. The quantitative estimate of drug-likeness (QED) is 0.916. The van der Waals surface area contributed by atoms with Gasteiger partial charge in [0.05, 0.1) is 16.7 Å². The Bertz CT molecular complexity index is 334. The number of aliphatic hydroxyl groups is 1. The molecule has 0 radical (unpaired) electrons. The van der Waals surface area contributed by atoms with Gasteiger partial charge in [0.25, 0.3) is 0 Å². The lowest BCUT2D eigenvalue weighted by atomic mass is 10.1. The molecule has 1 N–H and O–H groups in total. The molecule has 0 atom stereocenters. The van der Waals surface area contributed by atoms with Crippen LogP contribution < -0.4 is 4.74 Å². The molecular weight excluding hydrogens is 263 g/mol. The second-order valence-corrected chi connectivity index (χ2v) is 4.84. The highest BCUT2D eigenvalue weighted by Crippen LogP contribution is 2.25. The van der Waals surface area contributed by atoms with E-state index in [2.05, 4.69) is 15.9 Å². The van der Waals surface area contributed by atoms with Gasteiger partial charge in [0, 0.05) is 6.42 Å². The normalized spacial score (nSPS) is 11.5. The van der Waals surface area contributed by atoms with Crippen LogP contribution in [0.5, 0.6) is 5.75 Å². The first kappa shape index (κ1) is 12.5. The van der Waals surface area contributed by atoms with Crippen LogP contribution in [0.3, 0.4) is 0 Å². The number of benzene rings is 1. The van der Waals surface area contributed by atoms with Crippen LogP contribution >= 0.6 is 15.9 Å². The van der Waals surface area contributed by atoms with Crippen molar-refractivity contribution in [3.8, 4) is 5.75 Å². The van der Waals surface area contributed by atoms with E-state index in [4.69, 9.17) is 4.74 Å². The van der Waals surface area contributed by atoms with E-state index in [0.29, 0.717) is 23.2 Å². The molecule has 84 valence electrons. The van der Waals surface area contributed by atoms with Crippen LogP contribution in [0.4, 0.5) is 4.39 Å². The van der Waals surface area contributed by atoms with Crippen molar-refractivity contribution in [3.63, 3.8) is 0 Å². The fourth-order valence-electron chi connectivity index (χ4n) is 1.00. The first-order valence-electron chi connectivity index (χ1n) is 4.69. The molecule has 0 spiro atoms. The molecule has 0 aliphatic rings. The molecule has 0 heterocycles. The van der Waals surface area contributed by atoms with E-state index in [1.807, 2.05) is 0 Å². The lowest BCUT2D eigenvalue weighted by Crippen LogP contribution is -2.21. The average molecular weight is 277 g/mol. The Kier molecular flexibility index (Phi) is 4.11. The third-order valence-electron chi connectivity index (χ3n) is 1.87. The lowest BCUT2D eigenvalue weighted by molar-refractivity contribution is 0.0552. The Morgan fingerprint density at radius 2 is 2.13 bits per heavy atom. The zero-order valence-electron chi connectivity index (χ0n) is 8.76. The Morgan fingerprint density at radius 3 is 2.67 bits per heavy atom. The smallest absolute Gasteiger partial charge is 0.133 e. The molecule has 0 aliphatic carbocycles. The number of halogens is 2. The third-order valence-corrected chi connectivity index (χ3v) is 2.49. The van der Waals surface area contributed by atoms with Gasteiger partial charge in [-0.3, -0.25) is 0 Å². The molecule has 0 bridgehead atoms. The van der Waals surface area contributed by atoms with E-state index < -0.39 is 5.60 Å². The summed E-state index contributed by atoms with van der Waals surface area (Å²) in [6.07, 6.45) is 0.525. The molecule has 4 heteroatoms. The molecule has 1 aromatic carbocycles. The van der Waals surface area contributed by atoms with E-state index in [-0.39, 0.29) is 5.82 Å². The van der Waals surface area contributed by atoms with E-state index in [9.17, 15) is 9.50 Å². The van der Waals surface area contributed by atoms with E-state index >= 15 is 0 Å². The zero-order valence-corrected chi connectivity index (χ0v) is 10.3. The highest BCUT2D eigenvalue weighted by atomic mass is 79.9. The minimum absolute atomic E-state index is 0.309. The molecule has 0 fully saturated rings. The van der Waals surface area contributed by atoms with Gasteiger partial charge in [0.1, 0.15) is 11.6 Å². The maximum Gasteiger partial charge on any atom is 0.133 e. The summed E-state index contributed by atoms with van der Waals surface area (Å²) >= 11 is 3.20. The molecule has 0 saturated heterocycles. The van der Waals surface area contributed by atoms with Gasteiger partial charge < -0.3 is 9.84 Å². The molecule has 1 rings (SSSR count). The van der Waals surface area contributed by atoms with Crippen molar-refractivity contribution in [2.24, 2.45) is 0 Å². The van der Waals surface area contributed by atoms with Crippen molar-refractivity contribution >= 4 is 15.9 Å². The minimum atomic E-state index is -0.744. The second kappa shape index (κ2) is 4.94. The van der Waals surface area contributed by atoms with Gasteiger partial charge in [0.2, 0.25) is 0 Å². The summed E-state index contributed by atoms with van der Waals surface area (Å²) in [5.41, 5.74) is -0.744. The molecule has 0 aromatic heterocycles. The molecule has 15 heavy (non-hydrogen) atoms. The van der Waals surface area contributed by atoms with E-state index in [0.717, 1.165) is 0 Å². The highest BCUT2D eigenvalue weighted by molar-refractivity contribution is 9.10. The van der Waals surface area contributed by atoms with Crippen LogP contribution in [0.15, 0.2) is 22.7 Å². The van der Waals surface area contributed by atoms with Gasteiger partial charge in [-0.15, -0.1) is 0 Å². The van der Waals surface area contributed by atoms with E-state index in [1.165, 1.54) is 12.1 Å². The van der Waals surface area contributed by atoms with Crippen LogP contribution in [-0.4, -0.2) is 17.3 Å². The second-order valence-electron chi connectivity index (χ2n) is 3.99. The summed E-state index contributed by atoms with van der Waals surface area (Å²) in [5.74, 6) is 0.275. The van der Waals surface area contributed by atoms with Gasteiger partial charge in [-0.1, -0.05) is 0 Å². The minimum Gasteiger partial charge on any atom is -0.492 e. The Hall–Kier alpha value is -0.610. The van der Waals surface area contributed by atoms with Gasteiger partial charge in [0.15, 0.2) is 0 Å². The Labute approximate surface area is 97.2 Å². The SMILES string of the molecule is CC(C)(O)CCOc1ccc(F)cc1Br. The monoisotopic (exact) mass is 276 g/mol. The van der Waals surface area contributed by atoms with Crippen LogP contribution in [0.1, 0.15) is 20.3 Å². The van der Waals surface area contributed by atoms with Gasteiger partial charge >= 0.3 is 0 Å². The maximum atomic E-state index is 12.7. The summed E-state index contributed by atoms with van der Waals surface area (Å²) < 4.78 is 18.7. The first-order valence-corrected chi connectivity index (χ1v) is 5.48. The summed E-state index contributed by atoms with van der Waals surface area (Å²) in [6, 6.07) is 4.24. The number of hydrogen-bond acceptors (Lipinski definition) is 2. The van der Waals surface area contributed by atoms with Crippen molar-refractivity contribution in [3.05, 3.63) is 28.5 Å². The average Bonchev–Trinajstić information content (AvgIpc) is 2.07. The topological polar surface area (TPSA) is 29.5 Å². The largest absolute Gasteiger partial charge is 0.492 e. The molecule has 0 unspecified atom stereocenters. The van der Waals surface area contributed by atoms with Gasteiger partial charge in [-0.05, 0) is 48.0 Å². The first-order chi connectivity index (χ1) is 6.88. The number of rotatable bonds is 4. The lowest BCUT2D eigenvalue weighted by Gasteiger charge is -2.17. The number of hydrogen-bond donors (Lipinski definition) is 1. The van der Waals surface area contributed by atoms with Crippen molar-refractivity contribution in [1.29, 1.82) is 0 Å². The van der Waals surface area contributed by atoms with Crippen molar-refractivity contribution in [2.75, 3.05) is 6.61 Å². The standard InChI is InChI=1S/C11H14BrFO2/c1-11(2,14)5-6-15-10-4-3-8(13)7-9(10)12/h3-4,7,14H,5-6H2,1-2H3. The van der Waals surface area contributed by atoms with Crippen molar-refractivity contribution in [2.45, 2.75) is 25.9 Å².